The highest BCUT2D eigenvalue weighted by atomic mass is 15.2. The molecule has 92 valence electrons. The summed E-state index contributed by atoms with van der Waals surface area (Å²) in [5.74, 6) is 0.753. The molecule has 0 radical (unpaired) electrons. The third-order valence-electron chi connectivity index (χ3n) is 3.03. The van der Waals surface area contributed by atoms with E-state index in [1.165, 1.54) is 0 Å². The van der Waals surface area contributed by atoms with Gasteiger partial charge in [0.1, 0.15) is 5.84 Å². The molecule has 0 aromatic carbocycles. The van der Waals surface area contributed by atoms with Gasteiger partial charge in [0, 0.05) is 6.04 Å². The molecule has 4 N–H and O–H groups in total. The van der Waals surface area contributed by atoms with E-state index in [4.69, 9.17) is 11.1 Å². The molecule has 1 aliphatic rings. The van der Waals surface area contributed by atoms with Crippen molar-refractivity contribution in [2.24, 2.45) is 5.73 Å². The predicted molar refractivity (Wildman–Crippen MR) is 68.4 cm³/mol. The lowest BCUT2D eigenvalue weighted by atomic mass is 10.0. The van der Waals surface area contributed by atoms with Gasteiger partial charge in [-0.2, -0.15) is 5.10 Å². The Morgan fingerprint density at radius 3 is 2.53 bits per heavy atom. The number of hydrogen-bond donors (Lipinski definition) is 3. The van der Waals surface area contributed by atoms with Gasteiger partial charge < -0.3 is 11.1 Å². The van der Waals surface area contributed by atoms with Gasteiger partial charge in [-0.05, 0) is 31.2 Å². The van der Waals surface area contributed by atoms with Gasteiger partial charge in [0.2, 0.25) is 0 Å². The lowest BCUT2D eigenvalue weighted by molar-refractivity contribution is 0.869. The standard InChI is InChI=1S/C12H19N5/c1-3-8-9(4-2)16-17-12(10(8)11(13)14)15-7-5-6-7/h7H,3-6H2,1-2H3,(H3,13,14)(H,15,17). The summed E-state index contributed by atoms with van der Waals surface area (Å²) in [5.41, 5.74) is 8.43. The summed E-state index contributed by atoms with van der Waals surface area (Å²) in [5, 5.41) is 19.4. The summed E-state index contributed by atoms with van der Waals surface area (Å²) >= 11 is 0. The average molecular weight is 233 g/mol. The Morgan fingerprint density at radius 2 is 2.06 bits per heavy atom. The van der Waals surface area contributed by atoms with E-state index >= 15 is 0 Å². The van der Waals surface area contributed by atoms with Crippen molar-refractivity contribution in [3.8, 4) is 0 Å². The van der Waals surface area contributed by atoms with Crippen molar-refractivity contribution in [2.75, 3.05) is 5.32 Å². The van der Waals surface area contributed by atoms with Crippen LogP contribution in [0, 0.1) is 5.41 Å². The molecule has 0 bridgehead atoms. The zero-order chi connectivity index (χ0) is 12.4. The molecule has 2 rings (SSSR count). The van der Waals surface area contributed by atoms with Gasteiger partial charge in [-0.15, -0.1) is 5.10 Å². The summed E-state index contributed by atoms with van der Waals surface area (Å²) < 4.78 is 0. The number of nitrogens with one attached hydrogen (secondary N) is 2. The van der Waals surface area contributed by atoms with Crippen LogP contribution in [0.1, 0.15) is 43.5 Å². The van der Waals surface area contributed by atoms with Gasteiger partial charge in [0.05, 0.1) is 11.3 Å². The number of aromatic nitrogens is 2. The van der Waals surface area contributed by atoms with E-state index in [1.807, 2.05) is 6.92 Å². The SMILES string of the molecule is CCc1nnc(NC2CC2)c(C(=N)N)c1CC. The first-order chi connectivity index (χ1) is 8.17. The molecule has 1 saturated carbocycles. The zero-order valence-corrected chi connectivity index (χ0v) is 10.4. The Hall–Kier alpha value is -1.65. The van der Waals surface area contributed by atoms with E-state index in [-0.39, 0.29) is 5.84 Å². The Labute approximate surface area is 101 Å². The molecule has 1 heterocycles. The second-order valence-electron chi connectivity index (χ2n) is 4.39. The minimum atomic E-state index is 0.0783. The van der Waals surface area contributed by atoms with Gasteiger partial charge in [-0.1, -0.05) is 13.8 Å². The fraction of sp³-hybridized carbons (Fsp3) is 0.583. The predicted octanol–water partition coefficient (Wildman–Crippen LogP) is 1.46. The van der Waals surface area contributed by atoms with Crippen LogP contribution in [0.4, 0.5) is 5.82 Å². The lowest BCUT2D eigenvalue weighted by Crippen LogP contribution is -2.21. The number of aryl methyl sites for hydroxylation is 1. The highest BCUT2D eigenvalue weighted by Gasteiger charge is 2.25. The molecule has 5 heteroatoms. The van der Waals surface area contributed by atoms with Gasteiger partial charge in [0.25, 0.3) is 0 Å². The van der Waals surface area contributed by atoms with Gasteiger partial charge in [0.15, 0.2) is 5.82 Å². The Kier molecular flexibility index (Phi) is 3.26. The number of amidine groups is 1. The molecule has 0 saturated heterocycles. The van der Waals surface area contributed by atoms with Crippen LogP contribution >= 0.6 is 0 Å². The summed E-state index contributed by atoms with van der Waals surface area (Å²) in [6.07, 6.45) is 3.97. The molecule has 1 aromatic heterocycles. The Morgan fingerprint density at radius 1 is 1.35 bits per heavy atom. The van der Waals surface area contributed by atoms with Crippen molar-refractivity contribution >= 4 is 11.7 Å². The van der Waals surface area contributed by atoms with Crippen molar-refractivity contribution in [3.05, 3.63) is 16.8 Å². The smallest absolute Gasteiger partial charge is 0.160 e. The van der Waals surface area contributed by atoms with E-state index in [0.29, 0.717) is 11.9 Å². The Balaban J connectivity index is 2.46. The van der Waals surface area contributed by atoms with Crippen LogP contribution in [-0.4, -0.2) is 22.1 Å². The van der Waals surface area contributed by atoms with E-state index < -0.39 is 0 Å². The highest BCUT2D eigenvalue weighted by Crippen LogP contribution is 2.27. The van der Waals surface area contributed by atoms with Crippen molar-refractivity contribution < 1.29 is 0 Å². The van der Waals surface area contributed by atoms with Crippen LogP contribution in [0.5, 0.6) is 0 Å². The van der Waals surface area contributed by atoms with Crippen molar-refractivity contribution in [1.82, 2.24) is 10.2 Å². The molecule has 1 aliphatic carbocycles. The van der Waals surface area contributed by atoms with Crippen LogP contribution in [0.3, 0.4) is 0 Å². The first-order valence-electron chi connectivity index (χ1n) is 6.16. The van der Waals surface area contributed by atoms with E-state index in [1.54, 1.807) is 0 Å². The first kappa shape index (κ1) is 11.8. The van der Waals surface area contributed by atoms with Crippen LogP contribution in [0.15, 0.2) is 0 Å². The fourth-order valence-electron chi connectivity index (χ4n) is 1.99. The molecule has 5 nitrogen and oxygen atoms in total. The zero-order valence-electron chi connectivity index (χ0n) is 10.4. The molecule has 0 atom stereocenters. The number of nitrogens with two attached hydrogens (primary N) is 1. The van der Waals surface area contributed by atoms with Gasteiger partial charge in [-0.25, -0.2) is 0 Å². The monoisotopic (exact) mass is 233 g/mol. The van der Waals surface area contributed by atoms with Crippen LogP contribution in [0.25, 0.3) is 0 Å². The fourth-order valence-corrected chi connectivity index (χ4v) is 1.99. The Bertz CT molecular complexity index is 437. The van der Waals surface area contributed by atoms with Crippen LogP contribution < -0.4 is 11.1 Å². The maximum absolute atomic E-state index is 7.73. The molecular weight excluding hydrogens is 214 g/mol. The van der Waals surface area contributed by atoms with Crippen LogP contribution in [0.2, 0.25) is 0 Å². The molecule has 0 spiro atoms. The third kappa shape index (κ3) is 2.38. The summed E-state index contributed by atoms with van der Waals surface area (Å²) in [6, 6.07) is 0.486. The average Bonchev–Trinajstić information content (AvgIpc) is 3.11. The molecular formula is C12H19N5. The molecule has 0 amide bonds. The van der Waals surface area contributed by atoms with Crippen LogP contribution in [-0.2, 0) is 12.8 Å². The van der Waals surface area contributed by atoms with Gasteiger partial charge in [-0.3, -0.25) is 5.41 Å². The normalized spacial score (nSPS) is 14.7. The highest BCUT2D eigenvalue weighted by molar-refractivity contribution is 6.01. The summed E-state index contributed by atoms with van der Waals surface area (Å²) in [7, 11) is 0. The molecule has 17 heavy (non-hydrogen) atoms. The minimum absolute atomic E-state index is 0.0783. The minimum Gasteiger partial charge on any atom is -0.384 e. The first-order valence-corrected chi connectivity index (χ1v) is 6.16. The number of nitrogen functional groups attached to an aromatic ring is 1. The number of anilines is 1. The maximum Gasteiger partial charge on any atom is 0.160 e. The second-order valence-corrected chi connectivity index (χ2v) is 4.39. The topological polar surface area (TPSA) is 87.7 Å². The quantitative estimate of drug-likeness (QED) is 0.530. The van der Waals surface area contributed by atoms with E-state index in [9.17, 15) is 0 Å². The number of nitrogens with zero attached hydrogens (tertiary/aromatic N) is 2. The van der Waals surface area contributed by atoms with E-state index in [2.05, 4.69) is 22.4 Å². The molecule has 1 fully saturated rings. The summed E-state index contributed by atoms with van der Waals surface area (Å²) in [4.78, 5) is 0. The second kappa shape index (κ2) is 4.69. The number of hydrogen-bond acceptors (Lipinski definition) is 4. The molecule has 0 unspecified atom stereocenters. The van der Waals surface area contributed by atoms with Crippen molar-refractivity contribution in [3.63, 3.8) is 0 Å². The third-order valence-corrected chi connectivity index (χ3v) is 3.03. The molecule has 1 aromatic rings. The molecule has 0 aliphatic heterocycles. The maximum atomic E-state index is 7.73. The summed E-state index contributed by atoms with van der Waals surface area (Å²) in [6.45, 7) is 4.10. The number of rotatable bonds is 5. The van der Waals surface area contributed by atoms with Crippen molar-refractivity contribution in [2.45, 2.75) is 45.6 Å². The van der Waals surface area contributed by atoms with E-state index in [0.717, 1.165) is 42.5 Å². The van der Waals surface area contributed by atoms with Crippen molar-refractivity contribution in [1.29, 1.82) is 5.41 Å². The van der Waals surface area contributed by atoms with Gasteiger partial charge >= 0.3 is 0 Å². The lowest BCUT2D eigenvalue weighted by Gasteiger charge is -2.15. The largest absolute Gasteiger partial charge is 0.384 e.